The molecule has 0 aromatic carbocycles. The Morgan fingerprint density at radius 2 is 2.24 bits per heavy atom. The molecule has 0 spiro atoms. The van der Waals surface area contributed by atoms with E-state index in [2.05, 4.69) is 25.8 Å². The van der Waals surface area contributed by atoms with Crippen LogP contribution in [0.3, 0.4) is 0 Å². The zero-order valence-corrected chi connectivity index (χ0v) is 11.4. The lowest BCUT2D eigenvalue weighted by Gasteiger charge is -2.08. The summed E-state index contributed by atoms with van der Waals surface area (Å²) in [6.45, 7) is 0.912. The number of pyridine rings is 1. The van der Waals surface area contributed by atoms with E-state index in [9.17, 15) is 4.79 Å². The fraction of sp³-hybridized carbons (Fsp3) is 0.308. The number of nitrogens with zero attached hydrogens (tertiary/aromatic N) is 2. The average molecular weight is 291 g/mol. The third kappa shape index (κ3) is 5.39. The minimum atomic E-state index is -1.00. The lowest BCUT2D eigenvalue weighted by Crippen LogP contribution is -2.22. The molecule has 4 N–H and O–H groups in total. The summed E-state index contributed by atoms with van der Waals surface area (Å²) in [5, 5.41) is 20.5. The molecule has 0 fully saturated rings. The number of aromatic nitrogens is 3. The molecular weight excluding hydrogens is 274 g/mol. The van der Waals surface area contributed by atoms with Gasteiger partial charge in [0.2, 0.25) is 5.88 Å². The van der Waals surface area contributed by atoms with Crippen LogP contribution in [0.4, 0.5) is 16.3 Å². The van der Waals surface area contributed by atoms with E-state index >= 15 is 0 Å². The SMILES string of the molecule is O=C(O)NCCCCOc1cc(Nc2ccn[nH]2)ccn1. The molecule has 8 nitrogen and oxygen atoms in total. The molecule has 0 unspecified atom stereocenters. The molecule has 0 atom stereocenters. The van der Waals surface area contributed by atoms with Gasteiger partial charge in [-0.1, -0.05) is 0 Å². The van der Waals surface area contributed by atoms with Gasteiger partial charge in [-0.3, -0.25) is 5.10 Å². The Morgan fingerprint density at radius 1 is 1.33 bits per heavy atom. The molecule has 2 rings (SSSR count). The molecule has 2 aromatic rings. The summed E-state index contributed by atoms with van der Waals surface area (Å²) in [7, 11) is 0. The lowest BCUT2D eigenvalue weighted by atomic mass is 10.3. The second-order valence-electron chi connectivity index (χ2n) is 4.27. The average Bonchev–Trinajstić information content (AvgIpc) is 2.96. The van der Waals surface area contributed by atoms with Crippen LogP contribution in [0.15, 0.2) is 30.6 Å². The van der Waals surface area contributed by atoms with Crippen LogP contribution in [0.5, 0.6) is 5.88 Å². The maximum Gasteiger partial charge on any atom is 0.404 e. The van der Waals surface area contributed by atoms with Crippen molar-refractivity contribution in [2.24, 2.45) is 0 Å². The first kappa shape index (κ1) is 14.6. The van der Waals surface area contributed by atoms with Crippen LogP contribution in [-0.2, 0) is 0 Å². The van der Waals surface area contributed by atoms with Gasteiger partial charge in [0.15, 0.2) is 0 Å². The molecule has 112 valence electrons. The van der Waals surface area contributed by atoms with Gasteiger partial charge in [0.05, 0.1) is 12.8 Å². The predicted molar refractivity (Wildman–Crippen MR) is 76.9 cm³/mol. The van der Waals surface area contributed by atoms with Crippen LogP contribution in [0.25, 0.3) is 0 Å². The summed E-state index contributed by atoms with van der Waals surface area (Å²) in [6.07, 6.45) is 3.78. The summed E-state index contributed by atoms with van der Waals surface area (Å²) in [6, 6.07) is 5.43. The number of nitrogens with one attached hydrogen (secondary N) is 3. The minimum absolute atomic E-state index is 0.424. The summed E-state index contributed by atoms with van der Waals surface area (Å²) >= 11 is 0. The maximum atomic E-state index is 10.3. The third-order valence-electron chi connectivity index (χ3n) is 2.61. The maximum absolute atomic E-state index is 10.3. The van der Waals surface area contributed by atoms with Crippen LogP contribution in [0.2, 0.25) is 0 Å². The van der Waals surface area contributed by atoms with Gasteiger partial charge in [0.1, 0.15) is 5.82 Å². The van der Waals surface area contributed by atoms with E-state index in [1.807, 2.05) is 12.1 Å². The van der Waals surface area contributed by atoms with E-state index in [1.54, 1.807) is 18.5 Å². The van der Waals surface area contributed by atoms with Crippen molar-refractivity contribution in [1.82, 2.24) is 20.5 Å². The number of carboxylic acid groups (broad SMARTS) is 1. The molecule has 0 aliphatic rings. The quantitative estimate of drug-likeness (QED) is 0.553. The van der Waals surface area contributed by atoms with Crippen LogP contribution in [0.1, 0.15) is 12.8 Å². The van der Waals surface area contributed by atoms with Gasteiger partial charge < -0.3 is 20.5 Å². The first-order valence-corrected chi connectivity index (χ1v) is 6.56. The second-order valence-corrected chi connectivity index (χ2v) is 4.27. The first-order chi connectivity index (χ1) is 10.2. The standard InChI is InChI=1S/C13H17N5O3/c19-13(20)15-5-1-2-8-21-12-9-10(3-6-14-12)17-11-4-7-16-18-11/h3-4,6-7,9,15H,1-2,5,8H2,(H,19,20)(H2,14,16,17,18). The molecule has 8 heteroatoms. The van der Waals surface area contributed by atoms with Crippen LogP contribution in [-0.4, -0.2) is 39.5 Å². The molecule has 0 radical (unpaired) electrons. The number of amides is 1. The minimum Gasteiger partial charge on any atom is -0.478 e. The number of hydrogen-bond donors (Lipinski definition) is 4. The zero-order valence-electron chi connectivity index (χ0n) is 11.4. The number of aromatic amines is 1. The summed E-state index contributed by atoms with van der Waals surface area (Å²) in [5.41, 5.74) is 0.844. The van der Waals surface area contributed by atoms with Crippen molar-refractivity contribution in [3.05, 3.63) is 30.6 Å². The van der Waals surface area contributed by atoms with Crippen LogP contribution < -0.4 is 15.4 Å². The Kier molecular flexibility index (Phi) is 5.39. The number of ether oxygens (including phenoxy) is 1. The first-order valence-electron chi connectivity index (χ1n) is 6.56. The highest BCUT2D eigenvalue weighted by molar-refractivity contribution is 5.64. The van der Waals surface area contributed by atoms with Gasteiger partial charge in [-0.05, 0) is 18.9 Å². The Balaban J connectivity index is 1.72. The molecule has 0 saturated heterocycles. The van der Waals surface area contributed by atoms with Gasteiger partial charge in [0, 0.05) is 30.6 Å². The van der Waals surface area contributed by atoms with E-state index in [0.29, 0.717) is 19.0 Å². The Bertz CT molecular complexity index is 559. The van der Waals surface area contributed by atoms with Crippen molar-refractivity contribution in [3.63, 3.8) is 0 Å². The van der Waals surface area contributed by atoms with Crippen molar-refractivity contribution in [2.75, 3.05) is 18.5 Å². The van der Waals surface area contributed by atoms with E-state index in [0.717, 1.165) is 24.3 Å². The molecule has 0 bridgehead atoms. The monoisotopic (exact) mass is 291 g/mol. The Labute approximate surface area is 121 Å². The van der Waals surface area contributed by atoms with Crippen molar-refractivity contribution in [3.8, 4) is 5.88 Å². The molecule has 21 heavy (non-hydrogen) atoms. The zero-order chi connectivity index (χ0) is 14.9. The molecular formula is C13H17N5O3. The number of unbranched alkanes of at least 4 members (excludes halogenated alkanes) is 1. The van der Waals surface area contributed by atoms with Gasteiger partial charge in [-0.15, -0.1) is 0 Å². The molecule has 1 amide bonds. The van der Waals surface area contributed by atoms with Gasteiger partial charge in [-0.2, -0.15) is 5.10 Å². The number of carbonyl (C=O) groups is 1. The molecule has 2 aromatic heterocycles. The largest absolute Gasteiger partial charge is 0.478 e. The highest BCUT2D eigenvalue weighted by atomic mass is 16.5. The van der Waals surface area contributed by atoms with Gasteiger partial charge >= 0.3 is 6.09 Å². The molecule has 0 aliphatic carbocycles. The predicted octanol–water partition coefficient (Wildman–Crippen LogP) is 1.97. The molecule has 0 aliphatic heterocycles. The summed E-state index contributed by atoms with van der Waals surface area (Å²) in [4.78, 5) is 14.4. The normalized spacial score (nSPS) is 10.1. The number of rotatable bonds is 8. The van der Waals surface area contributed by atoms with E-state index in [-0.39, 0.29) is 0 Å². The highest BCUT2D eigenvalue weighted by Crippen LogP contribution is 2.17. The van der Waals surface area contributed by atoms with Gasteiger partial charge in [0.25, 0.3) is 0 Å². The number of hydrogen-bond acceptors (Lipinski definition) is 5. The van der Waals surface area contributed by atoms with Crippen LogP contribution in [0, 0.1) is 0 Å². The van der Waals surface area contributed by atoms with Crippen molar-refractivity contribution in [1.29, 1.82) is 0 Å². The lowest BCUT2D eigenvalue weighted by molar-refractivity contribution is 0.194. The fourth-order valence-electron chi connectivity index (χ4n) is 1.65. The van der Waals surface area contributed by atoms with E-state index < -0.39 is 6.09 Å². The van der Waals surface area contributed by atoms with Crippen molar-refractivity contribution in [2.45, 2.75) is 12.8 Å². The summed E-state index contributed by atoms with van der Waals surface area (Å²) < 4.78 is 5.52. The second kappa shape index (κ2) is 7.73. The molecule has 2 heterocycles. The van der Waals surface area contributed by atoms with Gasteiger partial charge in [-0.25, -0.2) is 9.78 Å². The highest BCUT2D eigenvalue weighted by Gasteiger charge is 2.00. The number of H-pyrrole nitrogens is 1. The Morgan fingerprint density at radius 3 is 3.00 bits per heavy atom. The topological polar surface area (TPSA) is 112 Å². The Hall–Kier alpha value is -2.77. The smallest absolute Gasteiger partial charge is 0.404 e. The third-order valence-corrected chi connectivity index (χ3v) is 2.61. The van der Waals surface area contributed by atoms with Crippen molar-refractivity contribution < 1.29 is 14.6 Å². The fourth-order valence-corrected chi connectivity index (χ4v) is 1.65. The van der Waals surface area contributed by atoms with Crippen LogP contribution >= 0.6 is 0 Å². The van der Waals surface area contributed by atoms with E-state index in [4.69, 9.17) is 9.84 Å². The van der Waals surface area contributed by atoms with Crippen molar-refractivity contribution >= 4 is 17.6 Å². The molecule has 0 saturated carbocycles. The number of anilines is 2. The van der Waals surface area contributed by atoms with E-state index in [1.165, 1.54) is 0 Å². The summed E-state index contributed by atoms with van der Waals surface area (Å²) in [5.74, 6) is 1.30.